The van der Waals surface area contributed by atoms with Gasteiger partial charge in [0.2, 0.25) is 0 Å². The highest BCUT2D eigenvalue weighted by molar-refractivity contribution is 5.75. The first-order valence-corrected chi connectivity index (χ1v) is 6.95. The molecule has 0 unspecified atom stereocenters. The minimum Gasteiger partial charge on any atom is -0.461 e. The van der Waals surface area contributed by atoms with Crippen molar-refractivity contribution in [3.8, 4) is 0 Å². The fourth-order valence-corrected chi connectivity index (χ4v) is 4.23. The van der Waals surface area contributed by atoms with Crippen molar-refractivity contribution in [3.05, 3.63) is 11.6 Å². The Kier molecular flexibility index (Phi) is 2.39. The van der Waals surface area contributed by atoms with Crippen LogP contribution in [-0.2, 0) is 9.53 Å². The van der Waals surface area contributed by atoms with Crippen LogP contribution in [0.3, 0.4) is 0 Å². The number of carbonyl (C=O) groups excluding carboxylic acids is 1. The molecule has 0 amide bonds. The lowest BCUT2D eigenvalue weighted by Crippen LogP contribution is -2.48. The molecule has 2 aliphatic carbocycles. The first-order valence-electron chi connectivity index (χ1n) is 6.95. The van der Waals surface area contributed by atoms with Crippen LogP contribution < -0.4 is 0 Å². The van der Waals surface area contributed by atoms with E-state index in [0.29, 0.717) is 11.8 Å². The van der Waals surface area contributed by atoms with Crippen molar-refractivity contribution in [2.45, 2.75) is 52.6 Å². The molecule has 2 fully saturated rings. The maximum Gasteiger partial charge on any atom is 0.309 e. The van der Waals surface area contributed by atoms with E-state index >= 15 is 0 Å². The van der Waals surface area contributed by atoms with E-state index in [-0.39, 0.29) is 23.4 Å². The monoisotopic (exact) mass is 234 g/mol. The zero-order valence-electron chi connectivity index (χ0n) is 11.0. The van der Waals surface area contributed by atoms with E-state index in [2.05, 4.69) is 19.9 Å². The van der Waals surface area contributed by atoms with Gasteiger partial charge in [0, 0.05) is 11.3 Å². The van der Waals surface area contributed by atoms with Gasteiger partial charge in [-0.2, -0.15) is 0 Å². The highest BCUT2D eigenvalue weighted by Gasteiger charge is 2.57. The summed E-state index contributed by atoms with van der Waals surface area (Å²) in [5.41, 5.74) is 1.67. The second-order valence-electron chi connectivity index (χ2n) is 6.34. The van der Waals surface area contributed by atoms with Crippen LogP contribution in [0.2, 0.25) is 0 Å². The maximum atomic E-state index is 11.8. The molecule has 1 saturated carbocycles. The van der Waals surface area contributed by atoms with Crippen LogP contribution in [0, 0.1) is 23.2 Å². The molecule has 17 heavy (non-hydrogen) atoms. The number of hydrogen-bond donors (Lipinski definition) is 0. The quantitative estimate of drug-likeness (QED) is 0.475. The Morgan fingerprint density at radius 2 is 2.12 bits per heavy atom. The molecule has 0 aromatic carbocycles. The molecule has 0 aromatic rings. The van der Waals surface area contributed by atoms with Gasteiger partial charge in [0.1, 0.15) is 6.10 Å². The van der Waals surface area contributed by atoms with Gasteiger partial charge in [0.25, 0.3) is 0 Å². The molecule has 1 heterocycles. The second-order valence-corrected chi connectivity index (χ2v) is 6.34. The highest BCUT2D eigenvalue weighted by atomic mass is 16.6. The third kappa shape index (κ3) is 1.36. The standard InChI is InChI=1S/C15H22O2/c1-9-5-4-6-11-7-8-12-10(2)14(16)17-13(12)15(9,11)3/h6,9-10,12-13H,4-5,7-8H2,1-3H3/t9-,10+,12+,13-,15-/m0/s1. The number of rotatable bonds is 0. The van der Waals surface area contributed by atoms with Crippen LogP contribution in [0.1, 0.15) is 46.5 Å². The molecule has 0 spiro atoms. The average molecular weight is 234 g/mol. The molecular formula is C15H22O2. The Balaban J connectivity index is 2.02. The molecule has 1 saturated heterocycles. The summed E-state index contributed by atoms with van der Waals surface area (Å²) < 4.78 is 5.74. The number of allylic oxidation sites excluding steroid dienone is 1. The van der Waals surface area contributed by atoms with Crippen LogP contribution in [0.4, 0.5) is 0 Å². The van der Waals surface area contributed by atoms with Crippen molar-refractivity contribution in [1.29, 1.82) is 0 Å². The van der Waals surface area contributed by atoms with Crippen molar-refractivity contribution in [3.63, 3.8) is 0 Å². The van der Waals surface area contributed by atoms with Gasteiger partial charge < -0.3 is 4.74 Å². The van der Waals surface area contributed by atoms with Crippen molar-refractivity contribution >= 4 is 5.97 Å². The Hall–Kier alpha value is -0.790. The molecule has 2 nitrogen and oxygen atoms in total. The van der Waals surface area contributed by atoms with Crippen LogP contribution in [-0.4, -0.2) is 12.1 Å². The van der Waals surface area contributed by atoms with Gasteiger partial charge >= 0.3 is 5.97 Å². The molecular weight excluding hydrogens is 212 g/mol. The third-order valence-corrected chi connectivity index (χ3v) is 5.69. The fourth-order valence-electron chi connectivity index (χ4n) is 4.23. The van der Waals surface area contributed by atoms with Crippen LogP contribution in [0.5, 0.6) is 0 Å². The topological polar surface area (TPSA) is 26.3 Å². The minimum absolute atomic E-state index is 0.0280. The highest BCUT2D eigenvalue weighted by Crippen LogP contribution is 2.56. The predicted octanol–water partition coefficient (Wildman–Crippen LogP) is 3.32. The molecule has 0 aromatic heterocycles. The third-order valence-electron chi connectivity index (χ3n) is 5.69. The minimum atomic E-state index is 0.0280. The predicted molar refractivity (Wildman–Crippen MR) is 66.4 cm³/mol. The average Bonchev–Trinajstić information content (AvgIpc) is 2.59. The van der Waals surface area contributed by atoms with Crippen LogP contribution in [0.25, 0.3) is 0 Å². The van der Waals surface area contributed by atoms with E-state index in [9.17, 15) is 4.79 Å². The lowest BCUT2D eigenvalue weighted by molar-refractivity contribution is -0.149. The molecule has 5 atom stereocenters. The summed E-state index contributed by atoms with van der Waals surface area (Å²) >= 11 is 0. The van der Waals surface area contributed by atoms with Gasteiger partial charge in [-0.05, 0) is 31.6 Å². The molecule has 3 rings (SSSR count). The summed E-state index contributed by atoms with van der Waals surface area (Å²) in [4.78, 5) is 11.8. The van der Waals surface area contributed by atoms with Gasteiger partial charge in [-0.3, -0.25) is 4.79 Å². The molecule has 3 aliphatic rings. The van der Waals surface area contributed by atoms with Crippen molar-refractivity contribution < 1.29 is 9.53 Å². The van der Waals surface area contributed by atoms with E-state index in [0.717, 1.165) is 6.42 Å². The number of fused-ring (bicyclic) bond motifs is 3. The molecule has 0 bridgehead atoms. The van der Waals surface area contributed by atoms with Crippen molar-refractivity contribution in [1.82, 2.24) is 0 Å². The molecule has 1 aliphatic heterocycles. The fraction of sp³-hybridized carbons (Fsp3) is 0.800. The van der Waals surface area contributed by atoms with E-state index in [1.807, 2.05) is 6.92 Å². The summed E-state index contributed by atoms with van der Waals surface area (Å²) in [6, 6.07) is 0. The number of ether oxygens (including phenoxy) is 1. The maximum absolute atomic E-state index is 11.8. The van der Waals surface area contributed by atoms with Crippen LogP contribution in [0.15, 0.2) is 11.6 Å². The van der Waals surface area contributed by atoms with Gasteiger partial charge in [-0.1, -0.05) is 32.4 Å². The van der Waals surface area contributed by atoms with E-state index in [4.69, 9.17) is 4.74 Å². The zero-order chi connectivity index (χ0) is 12.2. The smallest absolute Gasteiger partial charge is 0.309 e. The molecule has 2 heteroatoms. The lowest BCUT2D eigenvalue weighted by Gasteiger charge is -2.49. The summed E-state index contributed by atoms with van der Waals surface area (Å²) in [6.45, 7) is 6.69. The number of esters is 1. The Morgan fingerprint density at radius 1 is 1.35 bits per heavy atom. The Labute approximate surface area is 103 Å². The SMILES string of the molecule is C[C@H]1C(=O)O[C@H]2[C@@H]1CCC1=CCC[C@H](C)[C@@]12C. The lowest BCUT2D eigenvalue weighted by atomic mass is 9.56. The van der Waals surface area contributed by atoms with Crippen LogP contribution >= 0.6 is 0 Å². The normalized spacial score (nSPS) is 49.1. The first kappa shape index (κ1) is 11.3. The largest absolute Gasteiger partial charge is 0.461 e. The molecule has 0 N–H and O–H groups in total. The summed E-state index contributed by atoms with van der Waals surface area (Å²) in [5.74, 6) is 1.21. The molecule has 0 radical (unpaired) electrons. The van der Waals surface area contributed by atoms with Gasteiger partial charge in [0.05, 0.1) is 5.92 Å². The van der Waals surface area contributed by atoms with Crippen molar-refractivity contribution in [2.75, 3.05) is 0 Å². The number of hydrogen-bond acceptors (Lipinski definition) is 2. The van der Waals surface area contributed by atoms with E-state index in [1.54, 1.807) is 5.57 Å². The van der Waals surface area contributed by atoms with Gasteiger partial charge in [-0.25, -0.2) is 0 Å². The van der Waals surface area contributed by atoms with Gasteiger partial charge in [0.15, 0.2) is 0 Å². The van der Waals surface area contributed by atoms with E-state index in [1.165, 1.54) is 19.3 Å². The molecule has 94 valence electrons. The first-order chi connectivity index (χ1) is 8.05. The van der Waals surface area contributed by atoms with Gasteiger partial charge in [-0.15, -0.1) is 0 Å². The van der Waals surface area contributed by atoms with Crippen molar-refractivity contribution in [2.24, 2.45) is 23.2 Å². The Bertz CT molecular complexity index is 384. The van der Waals surface area contributed by atoms with E-state index < -0.39 is 0 Å². The summed E-state index contributed by atoms with van der Waals surface area (Å²) in [7, 11) is 0. The summed E-state index contributed by atoms with van der Waals surface area (Å²) in [6.07, 6.45) is 7.28. The zero-order valence-corrected chi connectivity index (χ0v) is 11.0. The Morgan fingerprint density at radius 3 is 2.88 bits per heavy atom. The number of carbonyl (C=O) groups is 1. The second kappa shape index (κ2) is 3.60. The summed E-state index contributed by atoms with van der Waals surface area (Å²) in [5, 5.41) is 0.